The molecule has 0 bridgehead atoms. The molecule has 1 unspecified atom stereocenters. The number of ether oxygens (including phenoxy) is 4. The van der Waals surface area contributed by atoms with Crippen LogP contribution >= 0.6 is 0 Å². The second-order valence-corrected chi connectivity index (χ2v) is 7.13. The molecule has 29 heavy (non-hydrogen) atoms. The van der Waals surface area contributed by atoms with Crippen LogP contribution in [0.15, 0.2) is 72.8 Å². The Hall–Kier alpha value is -3.40. The summed E-state index contributed by atoms with van der Waals surface area (Å²) in [6, 6.07) is 22.0. The predicted molar refractivity (Wildman–Crippen MR) is 114 cm³/mol. The lowest BCUT2D eigenvalue weighted by molar-refractivity contribution is 0.406. The summed E-state index contributed by atoms with van der Waals surface area (Å²) < 4.78 is 22.4. The molecule has 0 amide bonds. The highest BCUT2D eigenvalue weighted by Crippen LogP contribution is 2.46. The van der Waals surface area contributed by atoms with Gasteiger partial charge in [-0.3, -0.25) is 0 Å². The van der Waals surface area contributed by atoms with Crippen LogP contribution in [0.5, 0.6) is 23.0 Å². The first kappa shape index (κ1) is 18.9. The first-order chi connectivity index (χ1) is 14.1. The molecule has 1 heterocycles. The molecule has 1 atom stereocenters. The van der Waals surface area contributed by atoms with Crippen LogP contribution in [0.25, 0.3) is 5.76 Å². The van der Waals surface area contributed by atoms with Crippen molar-refractivity contribution in [2.75, 3.05) is 21.3 Å². The highest BCUT2D eigenvalue weighted by atomic mass is 16.5. The van der Waals surface area contributed by atoms with E-state index >= 15 is 0 Å². The second kappa shape index (κ2) is 7.55. The van der Waals surface area contributed by atoms with Crippen molar-refractivity contribution in [1.29, 1.82) is 0 Å². The molecule has 0 saturated heterocycles. The van der Waals surface area contributed by atoms with Gasteiger partial charge in [-0.05, 0) is 61.0 Å². The van der Waals surface area contributed by atoms with Crippen LogP contribution in [0.4, 0.5) is 0 Å². The highest BCUT2D eigenvalue weighted by molar-refractivity contribution is 5.71. The summed E-state index contributed by atoms with van der Waals surface area (Å²) in [4.78, 5) is 0. The Morgan fingerprint density at radius 1 is 0.690 bits per heavy atom. The molecule has 4 rings (SSSR count). The fourth-order valence-electron chi connectivity index (χ4n) is 3.70. The molecule has 1 aliphatic heterocycles. The molecule has 148 valence electrons. The smallest absolute Gasteiger partial charge is 0.135 e. The van der Waals surface area contributed by atoms with E-state index in [1.807, 2.05) is 48.5 Å². The summed E-state index contributed by atoms with van der Waals surface area (Å²) in [5.74, 6) is 3.99. The molecule has 0 aromatic heterocycles. The Labute approximate surface area is 171 Å². The van der Waals surface area contributed by atoms with Gasteiger partial charge in [-0.1, -0.05) is 18.2 Å². The quantitative estimate of drug-likeness (QED) is 0.582. The molecule has 3 aromatic carbocycles. The SMILES string of the molecule is COc1ccc(C2=CC(C)(c3ccc(OC)cc3)c3ccc(OC)cc3O2)cc1. The third-order valence-electron chi connectivity index (χ3n) is 5.45. The van der Waals surface area contributed by atoms with Crippen LogP contribution in [0.3, 0.4) is 0 Å². The Morgan fingerprint density at radius 2 is 1.24 bits per heavy atom. The van der Waals surface area contributed by atoms with Gasteiger partial charge in [0.15, 0.2) is 0 Å². The van der Waals surface area contributed by atoms with Crippen molar-refractivity contribution >= 4 is 5.76 Å². The van der Waals surface area contributed by atoms with Gasteiger partial charge >= 0.3 is 0 Å². The summed E-state index contributed by atoms with van der Waals surface area (Å²) >= 11 is 0. The predicted octanol–water partition coefficient (Wildman–Crippen LogP) is 5.45. The summed E-state index contributed by atoms with van der Waals surface area (Å²) in [6.45, 7) is 2.20. The summed E-state index contributed by atoms with van der Waals surface area (Å²) in [5.41, 5.74) is 2.85. The van der Waals surface area contributed by atoms with Gasteiger partial charge in [-0.25, -0.2) is 0 Å². The fourth-order valence-corrected chi connectivity index (χ4v) is 3.70. The van der Waals surface area contributed by atoms with Crippen LogP contribution in [-0.2, 0) is 5.41 Å². The van der Waals surface area contributed by atoms with E-state index in [2.05, 4.69) is 31.2 Å². The van der Waals surface area contributed by atoms with Crippen molar-refractivity contribution in [3.05, 3.63) is 89.5 Å². The molecule has 0 N–H and O–H groups in total. The van der Waals surface area contributed by atoms with Crippen molar-refractivity contribution in [2.45, 2.75) is 12.3 Å². The molecule has 4 heteroatoms. The zero-order chi connectivity index (χ0) is 20.4. The first-order valence-corrected chi connectivity index (χ1v) is 9.45. The summed E-state index contributed by atoms with van der Waals surface area (Å²) in [5, 5.41) is 0. The molecule has 3 aromatic rings. The largest absolute Gasteiger partial charge is 0.497 e. The number of hydrogen-bond acceptors (Lipinski definition) is 4. The van der Waals surface area contributed by atoms with E-state index < -0.39 is 0 Å². The lowest BCUT2D eigenvalue weighted by atomic mass is 9.74. The van der Waals surface area contributed by atoms with Gasteiger partial charge in [0.2, 0.25) is 0 Å². The van der Waals surface area contributed by atoms with Gasteiger partial charge in [0, 0.05) is 22.6 Å². The second-order valence-electron chi connectivity index (χ2n) is 7.13. The minimum Gasteiger partial charge on any atom is -0.497 e. The normalized spacial score (nSPS) is 17.6. The number of methoxy groups -OCH3 is 3. The fraction of sp³-hybridized carbons (Fsp3) is 0.200. The van der Waals surface area contributed by atoms with Gasteiger partial charge in [0.25, 0.3) is 0 Å². The van der Waals surface area contributed by atoms with Gasteiger partial charge in [0.1, 0.15) is 28.8 Å². The van der Waals surface area contributed by atoms with Gasteiger partial charge in [-0.15, -0.1) is 0 Å². The average molecular weight is 388 g/mol. The van der Waals surface area contributed by atoms with Crippen molar-refractivity contribution in [1.82, 2.24) is 0 Å². The number of hydrogen-bond donors (Lipinski definition) is 0. The maximum absolute atomic E-state index is 6.31. The van der Waals surface area contributed by atoms with Crippen molar-refractivity contribution < 1.29 is 18.9 Å². The van der Waals surface area contributed by atoms with Gasteiger partial charge in [-0.2, -0.15) is 0 Å². The highest BCUT2D eigenvalue weighted by Gasteiger charge is 2.35. The van der Waals surface area contributed by atoms with Gasteiger partial charge < -0.3 is 18.9 Å². The minimum atomic E-state index is -0.374. The molecule has 4 nitrogen and oxygen atoms in total. The van der Waals surface area contributed by atoms with E-state index in [1.54, 1.807) is 21.3 Å². The monoisotopic (exact) mass is 388 g/mol. The zero-order valence-electron chi connectivity index (χ0n) is 17.1. The Bertz CT molecular complexity index is 1040. The molecule has 1 aliphatic rings. The van der Waals surface area contributed by atoms with E-state index in [-0.39, 0.29) is 5.41 Å². The first-order valence-electron chi connectivity index (χ1n) is 9.45. The lowest BCUT2D eigenvalue weighted by Crippen LogP contribution is -2.26. The van der Waals surface area contributed by atoms with Crippen LogP contribution in [0.2, 0.25) is 0 Å². The Kier molecular flexibility index (Phi) is 4.93. The van der Waals surface area contributed by atoms with E-state index in [9.17, 15) is 0 Å². The van der Waals surface area contributed by atoms with E-state index in [0.717, 1.165) is 45.4 Å². The molecule has 0 saturated carbocycles. The Morgan fingerprint density at radius 3 is 1.83 bits per heavy atom. The average Bonchev–Trinajstić information content (AvgIpc) is 2.78. The standard InChI is InChI=1S/C25H24O4/c1-25(18-7-11-20(27-3)12-8-18)16-24(17-5-9-19(26-2)10-6-17)29-23-15-21(28-4)13-14-22(23)25/h5-16H,1-4H3. The van der Waals surface area contributed by atoms with Crippen LogP contribution < -0.4 is 18.9 Å². The molecule has 0 spiro atoms. The summed E-state index contributed by atoms with van der Waals surface area (Å²) in [6.07, 6.45) is 2.17. The molecule has 0 aliphatic carbocycles. The van der Waals surface area contributed by atoms with Crippen LogP contribution in [0.1, 0.15) is 23.6 Å². The lowest BCUT2D eigenvalue weighted by Gasteiger charge is -2.34. The third-order valence-corrected chi connectivity index (χ3v) is 5.45. The Balaban J connectivity index is 1.86. The van der Waals surface area contributed by atoms with E-state index in [4.69, 9.17) is 18.9 Å². The number of rotatable bonds is 5. The maximum Gasteiger partial charge on any atom is 0.135 e. The molecule has 0 radical (unpaired) electrons. The molecular formula is C25H24O4. The van der Waals surface area contributed by atoms with Crippen molar-refractivity contribution in [2.24, 2.45) is 0 Å². The van der Waals surface area contributed by atoms with Gasteiger partial charge in [0.05, 0.1) is 21.3 Å². The zero-order valence-corrected chi connectivity index (χ0v) is 17.1. The topological polar surface area (TPSA) is 36.9 Å². The third kappa shape index (κ3) is 3.42. The number of benzene rings is 3. The van der Waals surface area contributed by atoms with Crippen LogP contribution in [0, 0.1) is 0 Å². The van der Waals surface area contributed by atoms with Crippen molar-refractivity contribution in [3.63, 3.8) is 0 Å². The van der Waals surface area contributed by atoms with E-state index in [0.29, 0.717) is 0 Å². The number of allylic oxidation sites excluding steroid dienone is 1. The maximum atomic E-state index is 6.31. The van der Waals surface area contributed by atoms with E-state index in [1.165, 1.54) is 0 Å². The minimum absolute atomic E-state index is 0.374. The van der Waals surface area contributed by atoms with Crippen LogP contribution in [-0.4, -0.2) is 21.3 Å². The molecular weight excluding hydrogens is 364 g/mol. The molecule has 0 fully saturated rings. The van der Waals surface area contributed by atoms with Crippen molar-refractivity contribution in [3.8, 4) is 23.0 Å². The summed E-state index contributed by atoms with van der Waals surface area (Å²) in [7, 11) is 5.00. The number of fused-ring (bicyclic) bond motifs is 1.